The van der Waals surface area contributed by atoms with Crippen LogP contribution in [-0.2, 0) is 28.6 Å². The van der Waals surface area contributed by atoms with Gasteiger partial charge in [-0.15, -0.1) is 0 Å². The van der Waals surface area contributed by atoms with Crippen molar-refractivity contribution in [2.24, 2.45) is 16.5 Å². The van der Waals surface area contributed by atoms with Crippen LogP contribution in [-0.4, -0.2) is 102 Å². The summed E-state index contributed by atoms with van der Waals surface area (Å²) in [6.45, 7) is 1.93. The van der Waals surface area contributed by atoms with Crippen LogP contribution in [0.4, 0.5) is 4.79 Å². The number of methoxy groups -OCH3 is 1. The number of nitrogens with zero attached hydrogens (tertiary/aromatic N) is 1. The quantitative estimate of drug-likeness (QED) is 0.0611. The molecule has 9 N–H and O–H groups in total. The Balaban J connectivity index is 1.59. The summed E-state index contributed by atoms with van der Waals surface area (Å²) in [5, 5.41) is 36.5. The summed E-state index contributed by atoms with van der Waals surface area (Å²) in [4.78, 5) is 52.9. The molecule has 0 aliphatic carbocycles. The molecule has 6 atom stereocenters. The van der Waals surface area contributed by atoms with E-state index in [9.17, 15) is 34.5 Å². The highest BCUT2D eigenvalue weighted by atomic mass is 16.6. The zero-order valence-corrected chi connectivity index (χ0v) is 25.5. The number of fused-ring (bicyclic) bond motifs is 1. The van der Waals surface area contributed by atoms with E-state index in [1.807, 2.05) is 36.4 Å². The minimum atomic E-state index is -1.76. The van der Waals surface area contributed by atoms with Gasteiger partial charge in [0.05, 0.1) is 38.3 Å². The number of carbonyl (C=O) groups is 4. The molecule has 16 nitrogen and oxygen atoms in total. The molecule has 2 aromatic carbocycles. The van der Waals surface area contributed by atoms with Crippen LogP contribution in [0.5, 0.6) is 5.75 Å². The number of hydrogen-bond acceptors (Lipinski definition) is 11. The van der Waals surface area contributed by atoms with Crippen molar-refractivity contribution < 1.29 is 53.4 Å². The summed E-state index contributed by atoms with van der Waals surface area (Å²) in [6, 6.07) is 8.85. The SMILES string of the molecule is COc1ccc2cc([C@H](C)C(=O)OCCCNC(=O)O[C@@H](C3OC(C(=O)O)=C[C@H](N=C(N)N)[C@H]3NC(C)=O)[C@H](O)CO)ccc2c1. The highest BCUT2D eigenvalue weighted by Crippen LogP contribution is 2.27. The Labute approximate surface area is 264 Å². The molecule has 0 bridgehead atoms. The van der Waals surface area contributed by atoms with Gasteiger partial charge in [0, 0.05) is 13.5 Å². The van der Waals surface area contributed by atoms with Crippen molar-refractivity contribution in [2.75, 3.05) is 26.9 Å². The molecular formula is C30H39N5O11. The third kappa shape index (κ3) is 9.45. The Morgan fingerprint density at radius 2 is 1.80 bits per heavy atom. The third-order valence-electron chi connectivity index (χ3n) is 7.08. The smallest absolute Gasteiger partial charge is 0.407 e. The standard InChI is InChI=1S/C30H39N5O11/c1-15(17-5-6-19-12-20(43-3)8-7-18(19)11-17)28(41)44-10-4-9-33-30(42)46-25(22(38)14-36)26-24(34-16(2)37)21(35-29(31)32)13-23(45-26)27(39)40/h5-8,11-13,15,21-22,24-26,36,38H,4,9-10,14H2,1-3H3,(H,33,42)(H,34,37)(H,39,40)(H4,31,32,35)/t15-,21-,22+,24+,25+,26?/m0/s1. The molecule has 0 fully saturated rings. The second-order valence-electron chi connectivity index (χ2n) is 10.5. The number of benzene rings is 2. The van der Waals surface area contributed by atoms with Crippen molar-refractivity contribution in [1.82, 2.24) is 10.6 Å². The zero-order valence-electron chi connectivity index (χ0n) is 25.5. The molecule has 0 spiro atoms. The van der Waals surface area contributed by atoms with E-state index < -0.39 is 78.6 Å². The first kappa shape index (κ1) is 35.4. The average molecular weight is 646 g/mol. The van der Waals surface area contributed by atoms with Gasteiger partial charge in [0.1, 0.15) is 11.9 Å². The van der Waals surface area contributed by atoms with Gasteiger partial charge in [-0.2, -0.15) is 0 Å². The number of aliphatic hydroxyl groups excluding tert-OH is 2. The van der Waals surface area contributed by atoms with E-state index in [0.717, 1.165) is 35.1 Å². The van der Waals surface area contributed by atoms with Crippen LogP contribution < -0.4 is 26.8 Å². The van der Waals surface area contributed by atoms with Crippen LogP contribution in [0.15, 0.2) is 53.2 Å². The predicted molar refractivity (Wildman–Crippen MR) is 164 cm³/mol. The molecule has 0 radical (unpaired) electrons. The van der Waals surface area contributed by atoms with E-state index in [1.165, 1.54) is 0 Å². The number of aliphatic carboxylic acids is 1. The van der Waals surface area contributed by atoms with E-state index in [4.69, 9.17) is 30.4 Å². The van der Waals surface area contributed by atoms with Gasteiger partial charge < -0.3 is 56.4 Å². The summed E-state index contributed by atoms with van der Waals surface area (Å²) in [6.07, 6.45) is -4.82. The van der Waals surface area contributed by atoms with Gasteiger partial charge in [0.25, 0.3) is 0 Å². The Morgan fingerprint density at radius 1 is 1.11 bits per heavy atom. The Morgan fingerprint density at radius 3 is 2.43 bits per heavy atom. The molecule has 1 heterocycles. The molecular weight excluding hydrogens is 606 g/mol. The third-order valence-corrected chi connectivity index (χ3v) is 7.08. The van der Waals surface area contributed by atoms with Gasteiger partial charge in [0.2, 0.25) is 11.7 Å². The maximum atomic E-state index is 12.7. The van der Waals surface area contributed by atoms with Crippen molar-refractivity contribution in [3.05, 3.63) is 53.8 Å². The van der Waals surface area contributed by atoms with E-state index in [-0.39, 0.29) is 19.6 Å². The lowest BCUT2D eigenvalue weighted by Crippen LogP contribution is -2.61. The molecule has 0 saturated heterocycles. The maximum absolute atomic E-state index is 12.7. The van der Waals surface area contributed by atoms with Crippen molar-refractivity contribution in [3.63, 3.8) is 0 Å². The van der Waals surface area contributed by atoms with Gasteiger partial charge in [-0.05, 0) is 47.9 Å². The van der Waals surface area contributed by atoms with Crippen LogP contribution in [0.3, 0.4) is 0 Å². The summed E-state index contributed by atoms with van der Waals surface area (Å²) < 4.78 is 21.4. The fourth-order valence-electron chi connectivity index (χ4n) is 4.77. The van der Waals surface area contributed by atoms with Crippen LogP contribution >= 0.6 is 0 Å². The Hall–Kier alpha value is -5.09. The van der Waals surface area contributed by atoms with Gasteiger partial charge in [-0.25, -0.2) is 14.6 Å². The number of hydrogen-bond donors (Lipinski definition) is 7. The average Bonchev–Trinajstić information content (AvgIpc) is 3.02. The molecule has 2 amide bonds. The number of nitrogens with two attached hydrogens (primary N) is 2. The number of esters is 1. The molecule has 0 aromatic heterocycles. The highest BCUT2D eigenvalue weighted by Gasteiger charge is 2.46. The minimum absolute atomic E-state index is 0.0161. The summed E-state index contributed by atoms with van der Waals surface area (Å²) in [5.74, 6) is -3.47. The molecule has 1 aliphatic rings. The molecule has 2 aromatic rings. The number of guanidine groups is 1. The van der Waals surface area contributed by atoms with E-state index in [2.05, 4.69) is 15.6 Å². The first-order chi connectivity index (χ1) is 21.8. The number of aliphatic imine (C=N–C) groups is 1. The number of carboxylic acid groups (broad SMARTS) is 1. The fraction of sp³-hybridized carbons (Fsp3) is 0.433. The molecule has 46 heavy (non-hydrogen) atoms. The molecule has 250 valence electrons. The molecule has 1 unspecified atom stereocenters. The first-order valence-electron chi connectivity index (χ1n) is 14.3. The maximum Gasteiger partial charge on any atom is 0.407 e. The van der Waals surface area contributed by atoms with Gasteiger partial charge in [0.15, 0.2) is 18.2 Å². The summed E-state index contributed by atoms with van der Waals surface area (Å²) >= 11 is 0. The number of ether oxygens (including phenoxy) is 4. The zero-order chi connectivity index (χ0) is 34.0. The number of carboxylic acids is 1. The van der Waals surface area contributed by atoms with Gasteiger partial charge in [-0.3, -0.25) is 9.59 Å². The lowest BCUT2D eigenvalue weighted by atomic mass is 9.92. The Bertz CT molecular complexity index is 1480. The first-order valence-corrected chi connectivity index (χ1v) is 14.3. The lowest BCUT2D eigenvalue weighted by molar-refractivity contribution is -0.146. The van der Waals surface area contributed by atoms with E-state index >= 15 is 0 Å². The van der Waals surface area contributed by atoms with Crippen molar-refractivity contribution in [1.29, 1.82) is 0 Å². The number of nitrogens with one attached hydrogen (secondary N) is 2. The number of alkyl carbamates (subject to hydrolysis) is 1. The number of aliphatic hydroxyl groups is 2. The van der Waals surface area contributed by atoms with Gasteiger partial charge >= 0.3 is 18.0 Å². The van der Waals surface area contributed by atoms with Crippen LogP contribution in [0.2, 0.25) is 0 Å². The Kier molecular flexibility index (Phi) is 12.5. The van der Waals surface area contributed by atoms with E-state index in [0.29, 0.717) is 0 Å². The summed E-state index contributed by atoms with van der Waals surface area (Å²) in [7, 11) is 1.59. The van der Waals surface area contributed by atoms with Crippen molar-refractivity contribution in [3.8, 4) is 5.75 Å². The second-order valence-corrected chi connectivity index (χ2v) is 10.5. The van der Waals surface area contributed by atoms with Crippen molar-refractivity contribution >= 4 is 40.7 Å². The minimum Gasteiger partial charge on any atom is -0.497 e. The number of rotatable bonds is 14. The molecule has 16 heteroatoms. The number of carbonyl (C=O) groups excluding carboxylic acids is 3. The monoisotopic (exact) mass is 645 g/mol. The van der Waals surface area contributed by atoms with Crippen LogP contribution in [0.1, 0.15) is 31.7 Å². The molecule has 0 saturated carbocycles. The second kappa shape index (κ2) is 16.3. The lowest BCUT2D eigenvalue weighted by Gasteiger charge is -2.39. The highest BCUT2D eigenvalue weighted by molar-refractivity contribution is 5.87. The molecule has 3 rings (SSSR count). The predicted octanol–water partition coefficient (Wildman–Crippen LogP) is -0.153. The van der Waals surface area contributed by atoms with E-state index in [1.54, 1.807) is 14.0 Å². The largest absolute Gasteiger partial charge is 0.497 e. The molecule has 1 aliphatic heterocycles. The normalized spacial score (nSPS) is 19.3. The summed E-state index contributed by atoms with van der Waals surface area (Å²) in [5.41, 5.74) is 11.7. The number of amides is 2. The fourth-order valence-corrected chi connectivity index (χ4v) is 4.77. The van der Waals surface area contributed by atoms with Crippen LogP contribution in [0, 0.1) is 0 Å². The topological polar surface area (TPSA) is 254 Å². The van der Waals surface area contributed by atoms with Crippen LogP contribution in [0.25, 0.3) is 10.8 Å². The van der Waals surface area contributed by atoms with Crippen molar-refractivity contribution in [2.45, 2.75) is 56.6 Å². The van der Waals surface area contributed by atoms with Gasteiger partial charge in [-0.1, -0.05) is 24.3 Å².